The van der Waals surface area contributed by atoms with Gasteiger partial charge in [-0.05, 0) is 44.5 Å². The second-order valence-corrected chi connectivity index (χ2v) is 5.09. The van der Waals surface area contributed by atoms with Crippen LogP contribution in [0.1, 0.15) is 44.5 Å². The van der Waals surface area contributed by atoms with Crippen molar-refractivity contribution in [1.29, 1.82) is 0 Å². The van der Waals surface area contributed by atoms with Crippen molar-refractivity contribution >= 4 is 0 Å². The minimum Gasteiger partial charge on any atom is -0.311 e. The van der Waals surface area contributed by atoms with Gasteiger partial charge in [-0.15, -0.1) is 0 Å². The number of pyridine rings is 1. The fourth-order valence-electron chi connectivity index (χ4n) is 2.26. The minimum absolute atomic E-state index is 0.818. The topological polar surface area (TPSA) is 28.2 Å². The van der Waals surface area contributed by atoms with Gasteiger partial charge in [0, 0.05) is 19.1 Å². The first-order valence-corrected chi connectivity index (χ1v) is 7.23. The Labute approximate surface area is 111 Å². The van der Waals surface area contributed by atoms with Crippen molar-refractivity contribution in [2.24, 2.45) is 0 Å². The molecule has 0 spiro atoms. The third-order valence-electron chi connectivity index (χ3n) is 3.43. The number of aromatic nitrogens is 1. The summed E-state index contributed by atoms with van der Waals surface area (Å²) >= 11 is 0. The molecule has 1 aromatic heterocycles. The van der Waals surface area contributed by atoms with Crippen molar-refractivity contribution in [3.8, 4) is 0 Å². The second-order valence-electron chi connectivity index (χ2n) is 5.09. The van der Waals surface area contributed by atoms with Crippen LogP contribution in [0.3, 0.4) is 0 Å². The van der Waals surface area contributed by atoms with E-state index >= 15 is 0 Å². The van der Waals surface area contributed by atoms with Crippen LogP contribution in [0.4, 0.5) is 0 Å². The standard InChI is InChI=1S/C15H25N3/c1-3-10-16-11-13-6-5-7-14(17-13)12-18(4-2)15-8-9-15/h5-7,15-16H,3-4,8-12H2,1-2H3. The average Bonchev–Trinajstić information content (AvgIpc) is 3.21. The Morgan fingerprint density at radius 1 is 1.28 bits per heavy atom. The molecule has 1 saturated carbocycles. The van der Waals surface area contributed by atoms with Crippen molar-refractivity contribution in [3.63, 3.8) is 0 Å². The lowest BCUT2D eigenvalue weighted by Gasteiger charge is -2.19. The van der Waals surface area contributed by atoms with E-state index in [4.69, 9.17) is 4.98 Å². The van der Waals surface area contributed by atoms with Crippen LogP contribution in [-0.2, 0) is 13.1 Å². The van der Waals surface area contributed by atoms with Gasteiger partial charge in [0.15, 0.2) is 0 Å². The number of nitrogens with zero attached hydrogens (tertiary/aromatic N) is 2. The summed E-state index contributed by atoms with van der Waals surface area (Å²) in [6, 6.07) is 7.21. The summed E-state index contributed by atoms with van der Waals surface area (Å²) in [5, 5.41) is 3.40. The highest BCUT2D eigenvalue weighted by Gasteiger charge is 2.27. The highest BCUT2D eigenvalue weighted by Crippen LogP contribution is 2.27. The van der Waals surface area contributed by atoms with Gasteiger partial charge in [0.25, 0.3) is 0 Å². The Bertz CT molecular complexity index is 361. The van der Waals surface area contributed by atoms with Crippen LogP contribution in [0.5, 0.6) is 0 Å². The van der Waals surface area contributed by atoms with Gasteiger partial charge in [0.05, 0.1) is 11.4 Å². The van der Waals surface area contributed by atoms with E-state index in [2.05, 4.69) is 42.3 Å². The maximum Gasteiger partial charge on any atom is 0.0547 e. The van der Waals surface area contributed by atoms with Crippen LogP contribution < -0.4 is 5.32 Å². The number of hydrogen-bond donors (Lipinski definition) is 1. The Hall–Kier alpha value is -0.930. The molecule has 0 unspecified atom stereocenters. The molecular formula is C15H25N3. The average molecular weight is 247 g/mol. The first-order valence-electron chi connectivity index (χ1n) is 7.23. The summed E-state index contributed by atoms with van der Waals surface area (Å²) in [6.07, 6.45) is 3.90. The maximum absolute atomic E-state index is 4.74. The normalized spacial score (nSPS) is 15.3. The molecule has 1 aromatic rings. The van der Waals surface area contributed by atoms with E-state index in [9.17, 15) is 0 Å². The van der Waals surface area contributed by atoms with Crippen LogP contribution in [0.15, 0.2) is 18.2 Å². The van der Waals surface area contributed by atoms with E-state index in [1.54, 1.807) is 0 Å². The number of rotatable bonds is 8. The summed E-state index contributed by atoms with van der Waals surface area (Å²) < 4.78 is 0. The first-order chi connectivity index (χ1) is 8.83. The zero-order chi connectivity index (χ0) is 12.8. The van der Waals surface area contributed by atoms with Crippen LogP contribution in [0.2, 0.25) is 0 Å². The summed E-state index contributed by atoms with van der Waals surface area (Å²) in [7, 11) is 0. The van der Waals surface area contributed by atoms with E-state index < -0.39 is 0 Å². The van der Waals surface area contributed by atoms with E-state index in [0.29, 0.717) is 0 Å². The van der Waals surface area contributed by atoms with Crippen molar-refractivity contribution in [3.05, 3.63) is 29.6 Å². The number of hydrogen-bond acceptors (Lipinski definition) is 3. The van der Waals surface area contributed by atoms with Gasteiger partial charge in [-0.25, -0.2) is 0 Å². The largest absolute Gasteiger partial charge is 0.311 e. The molecule has 1 aliphatic rings. The van der Waals surface area contributed by atoms with Gasteiger partial charge in [-0.2, -0.15) is 0 Å². The molecule has 0 bridgehead atoms. The van der Waals surface area contributed by atoms with E-state index in [0.717, 1.165) is 37.9 Å². The highest BCUT2D eigenvalue weighted by molar-refractivity contribution is 5.11. The van der Waals surface area contributed by atoms with E-state index in [-0.39, 0.29) is 0 Å². The molecule has 1 fully saturated rings. The molecule has 0 atom stereocenters. The van der Waals surface area contributed by atoms with Crippen LogP contribution in [0.25, 0.3) is 0 Å². The number of nitrogens with one attached hydrogen (secondary N) is 1. The van der Waals surface area contributed by atoms with Crippen molar-refractivity contribution in [1.82, 2.24) is 15.2 Å². The quantitative estimate of drug-likeness (QED) is 0.716. The molecule has 1 heterocycles. The third kappa shape index (κ3) is 4.07. The predicted octanol–water partition coefficient (Wildman–Crippen LogP) is 2.57. The van der Waals surface area contributed by atoms with Gasteiger partial charge >= 0.3 is 0 Å². The molecule has 18 heavy (non-hydrogen) atoms. The highest BCUT2D eigenvalue weighted by atomic mass is 15.2. The molecule has 2 rings (SSSR count). The van der Waals surface area contributed by atoms with E-state index in [1.165, 1.54) is 25.0 Å². The Morgan fingerprint density at radius 2 is 2.06 bits per heavy atom. The lowest BCUT2D eigenvalue weighted by molar-refractivity contribution is 0.266. The molecule has 0 aromatic carbocycles. The first kappa shape index (κ1) is 13.5. The molecule has 1 aliphatic carbocycles. The van der Waals surface area contributed by atoms with Crippen molar-refractivity contribution < 1.29 is 0 Å². The molecule has 1 N–H and O–H groups in total. The lowest BCUT2D eigenvalue weighted by Crippen LogP contribution is -2.25. The zero-order valence-corrected chi connectivity index (χ0v) is 11.7. The smallest absolute Gasteiger partial charge is 0.0547 e. The second kappa shape index (κ2) is 6.86. The lowest BCUT2D eigenvalue weighted by atomic mass is 10.2. The molecule has 0 aliphatic heterocycles. The van der Waals surface area contributed by atoms with Gasteiger partial charge in [0.2, 0.25) is 0 Å². The van der Waals surface area contributed by atoms with Gasteiger partial charge < -0.3 is 5.32 Å². The zero-order valence-electron chi connectivity index (χ0n) is 11.7. The van der Waals surface area contributed by atoms with Crippen LogP contribution in [-0.4, -0.2) is 29.0 Å². The monoisotopic (exact) mass is 247 g/mol. The van der Waals surface area contributed by atoms with Crippen molar-refractivity contribution in [2.45, 2.75) is 52.2 Å². The molecule has 100 valence electrons. The minimum atomic E-state index is 0.818. The molecule has 0 amide bonds. The molecule has 0 radical (unpaired) electrons. The summed E-state index contributed by atoms with van der Waals surface area (Å²) in [5.41, 5.74) is 2.37. The summed E-state index contributed by atoms with van der Waals surface area (Å²) in [6.45, 7) is 8.51. The molecular weight excluding hydrogens is 222 g/mol. The van der Waals surface area contributed by atoms with Crippen LogP contribution in [0, 0.1) is 0 Å². The van der Waals surface area contributed by atoms with Gasteiger partial charge in [-0.3, -0.25) is 9.88 Å². The SMILES string of the molecule is CCCNCc1cccc(CN(CC)C2CC2)n1. The van der Waals surface area contributed by atoms with Crippen LogP contribution >= 0.6 is 0 Å². The Morgan fingerprint density at radius 3 is 2.72 bits per heavy atom. The molecule has 3 heteroatoms. The van der Waals surface area contributed by atoms with Crippen molar-refractivity contribution in [2.75, 3.05) is 13.1 Å². The third-order valence-corrected chi connectivity index (χ3v) is 3.43. The fraction of sp³-hybridized carbons (Fsp3) is 0.667. The Kier molecular flexibility index (Phi) is 5.14. The fourth-order valence-corrected chi connectivity index (χ4v) is 2.26. The predicted molar refractivity (Wildman–Crippen MR) is 75.3 cm³/mol. The Balaban J connectivity index is 1.89. The molecule has 0 saturated heterocycles. The maximum atomic E-state index is 4.74. The summed E-state index contributed by atoms with van der Waals surface area (Å²) in [5.74, 6) is 0. The summed E-state index contributed by atoms with van der Waals surface area (Å²) in [4.78, 5) is 7.27. The van der Waals surface area contributed by atoms with E-state index in [1.807, 2.05) is 0 Å². The van der Waals surface area contributed by atoms with Gasteiger partial charge in [-0.1, -0.05) is 19.9 Å². The van der Waals surface area contributed by atoms with Gasteiger partial charge in [0.1, 0.15) is 0 Å². The molecule has 3 nitrogen and oxygen atoms in total.